The Balaban J connectivity index is 1.31. The number of urea groups is 1. The zero-order chi connectivity index (χ0) is 25.9. The maximum atomic E-state index is 13.1. The van der Waals surface area contributed by atoms with Crippen molar-refractivity contribution in [2.45, 2.75) is 31.1 Å². The Morgan fingerprint density at radius 2 is 1.78 bits per heavy atom. The first-order chi connectivity index (χ1) is 17.2. The van der Waals surface area contributed by atoms with Crippen LogP contribution in [0.1, 0.15) is 28.1 Å². The van der Waals surface area contributed by atoms with Crippen LogP contribution in [0.5, 0.6) is 0 Å². The molecule has 0 bridgehead atoms. The summed E-state index contributed by atoms with van der Waals surface area (Å²) in [6, 6.07) is 8.58. The van der Waals surface area contributed by atoms with Crippen molar-refractivity contribution in [2.75, 3.05) is 53.5 Å². The van der Waals surface area contributed by atoms with Crippen LogP contribution in [0.15, 0.2) is 36.4 Å². The molecule has 1 N–H and O–H groups in total. The van der Waals surface area contributed by atoms with Gasteiger partial charge in [-0.25, -0.2) is 4.79 Å². The standard InChI is InChI=1S/C25H31F3N4O3S/c1-30(20-10-13-32(16-20)24(34)31-12-9-19(15-31)29-11-14-35-2)23(33)22-8-7-21(36-22)17-3-5-18(6-4-17)25(26,27)28/h3-8,19-20,29H,9-16H2,1-2H3/t19-,20+/m1/s1. The monoisotopic (exact) mass is 524 g/mol. The number of likely N-dealkylation sites (tertiary alicyclic amines) is 2. The van der Waals surface area contributed by atoms with Gasteiger partial charge in [0.15, 0.2) is 0 Å². The Morgan fingerprint density at radius 3 is 2.47 bits per heavy atom. The first-order valence-electron chi connectivity index (χ1n) is 12.0. The van der Waals surface area contributed by atoms with Crippen molar-refractivity contribution < 1.29 is 27.5 Å². The van der Waals surface area contributed by atoms with Gasteiger partial charge in [0.1, 0.15) is 0 Å². The summed E-state index contributed by atoms with van der Waals surface area (Å²) < 4.78 is 43.5. The number of hydrogen-bond acceptors (Lipinski definition) is 5. The molecule has 2 saturated heterocycles. The van der Waals surface area contributed by atoms with Crippen LogP contribution in [0, 0.1) is 0 Å². The average Bonchev–Trinajstić information content (AvgIpc) is 3.63. The summed E-state index contributed by atoms with van der Waals surface area (Å²) in [6.07, 6.45) is -2.77. The highest BCUT2D eigenvalue weighted by Crippen LogP contribution is 2.33. The molecule has 0 saturated carbocycles. The Labute approximate surface area is 212 Å². The number of benzene rings is 1. The number of halogens is 3. The molecule has 3 heterocycles. The molecule has 1 aromatic carbocycles. The number of carbonyl (C=O) groups excluding carboxylic acids is 2. The lowest BCUT2D eigenvalue weighted by atomic mass is 10.1. The topological polar surface area (TPSA) is 65.1 Å². The predicted molar refractivity (Wildman–Crippen MR) is 132 cm³/mol. The number of nitrogens with zero attached hydrogens (tertiary/aromatic N) is 3. The molecular weight excluding hydrogens is 493 g/mol. The van der Waals surface area contributed by atoms with Crippen molar-refractivity contribution >= 4 is 23.3 Å². The number of rotatable bonds is 7. The first-order valence-corrected chi connectivity index (χ1v) is 12.8. The highest BCUT2D eigenvalue weighted by Gasteiger charge is 2.36. The SMILES string of the molecule is COCCN[C@@H]1CCN(C(=O)N2CC[C@H](N(C)C(=O)c3ccc(-c4ccc(C(F)(F)F)cc4)s3)C2)C1. The van der Waals surface area contributed by atoms with Gasteiger partial charge < -0.3 is 24.8 Å². The smallest absolute Gasteiger partial charge is 0.383 e. The number of amides is 3. The lowest BCUT2D eigenvalue weighted by Crippen LogP contribution is -2.45. The van der Waals surface area contributed by atoms with Gasteiger partial charge in [-0.15, -0.1) is 11.3 Å². The average molecular weight is 525 g/mol. The maximum absolute atomic E-state index is 13.1. The third kappa shape index (κ3) is 6.01. The van der Waals surface area contributed by atoms with Gasteiger partial charge in [-0.3, -0.25) is 4.79 Å². The van der Waals surface area contributed by atoms with E-state index in [1.807, 2.05) is 9.80 Å². The molecule has 0 aliphatic carbocycles. The lowest BCUT2D eigenvalue weighted by Gasteiger charge is -2.27. The number of alkyl halides is 3. The van der Waals surface area contributed by atoms with Crippen LogP contribution in [0.25, 0.3) is 10.4 Å². The number of thiophene rings is 1. The zero-order valence-corrected chi connectivity index (χ0v) is 21.2. The Morgan fingerprint density at radius 1 is 1.08 bits per heavy atom. The van der Waals surface area contributed by atoms with E-state index >= 15 is 0 Å². The zero-order valence-electron chi connectivity index (χ0n) is 20.4. The van der Waals surface area contributed by atoms with Gasteiger partial charge in [0.2, 0.25) is 0 Å². The van der Waals surface area contributed by atoms with Crippen molar-refractivity contribution in [3.8, 4) is 10.4 Å². The fraction of sp³-hybridized carbons (Fsp3) is 0.520. The minimum Gasteiger partial charge on any atom is -0.383 e. The third-order valence-electron chi connectivity index (χ3n) is 6.81. The third-order valence-corrected chi connectivity index (χ3v) is 7.94. The second kappa shape index (κ2) is 11.2. The van der Waals surface area contributed by atoms with Gasteiger partial charge >= 0.3 is 12.2 Å². The van der Waals surface area contributed by atoms with Gasteiger partial charge in [0, 0.05) is 57.8 Å². The van der Waals surface area contributed by atoms with E-state index in [0.717, 1.165) is 30.0 Å². The summed E-state index contributed by atoms with van der Waals surface area (Å²) >= 11 is 1.25. The van der Waals surface area contributed by atoms with Crippen molar-refractivity contribution in [1.82, 2.24) is 20.0 Å². The Hall–Kier alpha value is -2.63. The number of likely N-dealkylation sites (N-methyl/N-ethyl adjacent to an activating group) is 1. The van der Waals surface area contributed by atoms with Gasteiger partial charge in [-0.2, -0.15) is 13.2 Å². The largest absolute Gasteiger partial charge is 0.416 e. The number of methoxy groups -OCH3 is 1. The summed E-state index contributed by atoms with van der Waals surface area (Å²) in [5.41, 5.74) is -0.0704. The highest BCUT2D eigenvalue weighted by molar-refractivity contribution is 7.17. The number of ether oxygens (including phenoxy) is 1. The molecule has 0 radical (unpaired) electrons. The van der Waals surface area contributed by atoms with Gasteiger partial charge in [0.25, 0.3) is 5.91 Å². The highest BCUT2D eigenvalue weighted by atomic mass is 32.1. The molecule has 2 aromatic rings. The summed E-state index contributed by atoms with van der Waals surface area (Å²) in [4.78, 5) is 32.7. The molecule has 0 unspecified atom stereocenters. The molecule has 7 nitrogen and oxygen atoms in total. The molecule has 196 valence electrons. The van der Waals surface area contributed by atoms with Crippen LogP contribution in [0.4, 0.5) is 18.0 Å². The molecule has 2 atom stereocenters. The lowest BCUT2D eigenvalue weighted by molar-refractivity contribution is -0.137. The van der Waals surface area contributed by atoms with E-state index < -0.39 is 11.7 Å². The van der Waals surface area contributed by atoms with Crippen molar-refractivity contribution in [3.63, 3.8) is 0 Å². The Bertz CT molecular complexity index is 1060. The van der Waals surface area contributed by atoms with E-state index in [1.54, 1.807) is 31.2 Å². The molecule has 3 amide bonds. The molecule has 11 heteroatoms. The van der Waals surface area contributed by atoms with Crippen LogP contribution in [0.3, 0.4) is 0 Å². The van der Waals surface area contributed by atoms with E-state index in [4.69, 9.17) is 4.74 Å². The van der Waals surface area contributed by atoms with E-state index in [0.29, 0.717) is 49.6 Å². The van der Waals surface area contributed by atoms with E-state index in [2.05, 4.69) is 5.32 Å². The minimum absolute atomic E-state index is 0.00936. The van der Waals surface area contributed by atoms with Crippen molar-refractivity contribution in [1.29, 1.82) is 0 Å². The van der Waals surface area contributed by atoms with Crippen LogP contribution >= 0.6 is 11.3 Å². The summed E-state index contributed by atoms with van der Waals surface area (Å²) in [7, 11) is 3.40. The molecule has 2 aliphatic heterocycles. The normalized spacial score (nSPS) is 20.2. The molecule has 36 heavy (non-hydrogen) atoms. The Kier molecular flexibility index (Phi) is 8.21. The number of hydrogen-bond donors (Lipinski definition) is 1. The van der Waals surface area contributed by atoms with E-state index in [1.165, 1.54) is 23.5 Å². The summed E-state index contributed by atoms with van der Waals surface area (Å²) in [5.74, 6) is -0.152. The van der Waals surface area contributed by atoms with E-state index in [-0.39, 0.29) is 24.0 Å². The maximum Gasteiger partial charge on any atom is 0.416 e. The summed E-state index contributed by atoms with van der Waals surface area (Å²) in [6.45, 7) is 3.85. The van der Waals surface area contributed by atoms with Crippen LogP contribution in [0.2, 0.25) is 0 Å². The van der Waals surface area contributed by atoms with Gasteiger partial charge in [-0.1, -0.05) is 12.1 Å². The molecule has 0 spiro atoms. The second-order valence-corrected chi connectivity index (χ2v) is 10.3. The minimum atomic E-state index is -4.38. The fourth-order valence-corrected chi connectivity index (χ4v) is 5.66. The molecule has 4 rings (SSSR count). The van der Waals surface area contributed by atoms with Crippen molar-refractivity contribution in [3.05, 3.63) is 46.8 Å². The van der Waals surface area contributed by atoms with Crippen LogP contribution in [-0.4, -0.2) is 92.2 Å². The fourth-order valence-electron chi connectivity index (χ4n) is 4.67. The van der Waals surface area contributed by atoms with Crippen LogP contribution in [-0.2, 0) is 10.9 Å². The number of nitrogens with one attached hydrogen (secondary N) is 1. The molecular formula is C25H31F3N4O3S. The van der Waals surface area contributed by atoms with Crippen molar-refractivity contribution in [2.24, 2.45) is 0 Å². The molecule has 1 aromatic heterocycles. The van der Waals surface area contributed by atoms with E-state index in [9.17, 15) is 22.8 Å². The van der Waals surface area contributed by atoms with Crippen LogP contribution < -0.4 is 5.32 Å². The summed E-state index contributed by atoms with van der Waals surface area (Å²) in [5, 5.41) is 3.40. The van der Waals surface area contributed by atoms with Gasteiger partial charge in [0.05, 0.1) is 23.1 Å². The first kappa shape index (κ1) is 26.4. The number of carbonyl (C=O) groups is 2. The predicted octanol–water partition coefficient (Wildman–Crippen LogP) is 4.01. The quantitative estimate of drug-likeness (QED) is 0.556. The molecule has 2 fully saturated rings. The second-order valence-electron chi connectivity index (χ2n) is 9.20. The van der Waals surface area contributed by atoms with Gasteiger partial charge in [-0.05, 0) is 42.7 Å². The molecule has 2 aliphatic rings.